The van der Waals surface area contributed by atoms with Crippen LogP contribution < -0.4 is 10.5 Å². The highest BCUT2D eigenvalue weighted by molar-refractivity contribution is 9.10. The second kappa shape index (κ2) is 5.59. The molecule has 0 aliphatic rings. The standard InChI is InChI=1S/C11H13BrFNOS/c1-3-6(2)15-8-5-4-7(11(14)16)9(12)10(8)13/h4-6H,3H2,1-2H3,(H2,14,16). The first kappa shape index (κ1) is 13.4. The van der Waals surface area contributed by atoms with Gasteiger partial charge in [-0.25, -0.2) is 4.39 Å². The van der Waals surface area contributed by atoms with Crippen LogP contribution in [0, 0.1) is 5.82 Å². The molecule has 0 heterocycles. The highest BCUT2D eigenvalue weighted by Gasteiger charge is 2.15. The molecule has 1 aromatic rings. The largest absolute Gasteiger partial charge is 0.488 e. The van der Waals surface area contributed by atoms with E-state index >= 15 is 0 Å². The number of hydrogen-bond donors (Lipinski definition) is 1. The number of benzene rings is 1. The van der Waals surface area contributed by atoms with Gasteiger partial charge in [-0.3, -0.25) is 0 Å². The van der Waals surface area contributed by atoms with Crippen LogP contribution in [0.5, 0.6) is 5.75 Å². The molecule has 0 spiro atoms. The van der Waals surface area contributed by atoms with Crippen molar-refractivity contribution >= 4 is 33.1 Å². The Labute approximate surface area is 108 Å². The van der Waals surface area contributed by atoms with E-state index in [9.17, 15) is 4.39 Å². The average molecular weight is 306 g/mol. The third-order valence-corrected chi connectivity index (χ3v) is 3.21. The number of halogens is 2. The highest BCUT2D eigenvalue weighted by Crippen LogP contribution is 2.29. The molecular weight excluding hydrogens is 293 g/mol. The van der Waals surface area contributed by atoms with E-state index in [2.05, 4.69) is 15.9 Å². The molecule has 1 unspecified atom stereocenters. The summed E-state index contributed by atoms with van der Waals surface area (Å²) in [6, 6.07) is 3.19. The molecule has 0 radical (unpaired) electrons. The molecule has 1 aromatic carbocycles. The summed E-state index contributed by atoms with van der Waals surface area (Å²) in [7, 11) is 0. The van der Waals surface area contributed by atoms with Crippen molar-refractivity contribution in [2.45, 2.75) is 26.4 Å². The zero-order chi connectivity index (χ0) is 12.3. The summed E-state index contributed by atoms with van der Waals surface area (Å²) in [6.45, 7) is 3.86. The molecule has 2 nitrogen and oxygen atoms in total. The molecule has 0 aliphatic carbocycles. The summed E-state index contributed by atoms with van der Waals surface area (Å²) in [5, 5.41) is 0. The molecule has 0 bridgehead atoms. The van der Waals surface area contributed by atoms with Gasteiger partial charge in [0.1, 0.15) is 4.99 Å². The van der Waals surface area contributed by atoms with Gasteiger partial charge in [-0.1, -0.05) is 19.1 Å². The van der Waals surface area contributed by atoms with E-state index in [1.165, 1.54) is 0 Å². The fourth-order valence-corrected chi connectivity index (χ4v) is 1.96. The van der Waals surface area contributed by atoms with Gasteiger partial charge in [0.2, 0.25) is 0 Å². The fourth-order valence-electron chi connectivity index (χ4n) is 1.11. The predicted molar refractivity (Wildman–Crippen MR) is 70.4 cm³/mol. The van der Waals surface area contributed by atoms with Crippen LogP contribution in [0.15, 0.2) is 16.6 Å². The second-order valence-electron chi connectivity index (χ2n) is 3.44. The summed E-state index contributed by atoms with van der Waals surface area (Å²) in [5.74, 6) is -0.258. The fraction of sp³-hybridized carbons (Fsp3) is 0.364. The molecule has 16 heavy (non-hydrogen) atoms. The molecule has 2 N–H and O–H groups in total. The maximum Gasteiger partial charge on any atom is 0.179 e. The molecule has 5 heteroatoms. The van der Waals surface area contributed by atoms with Gasteiger partial charge in [0, 0.05) is 5.56 Å². The Morgan fingerprint density at radius 3 is 2.75 bits per heavy atom. The molecule has 1 rings (SSSR count). The van der Waals surface area contributed by atoms with E-state index in [0.29, 0.717) is 5.56 Å². The lowest BCUT2D eigenvalue weighted by Gasteiger charge is -2.14. The quantitative estimate of drug-likeness (QED) is 0.866. The van der Waals surface area contributed by atoms with Crippen LogP contribution in [0.1, 0.15) is 25.8 Å². The molecule has 0 aliphatic heterocycles. The first-order valence-corrected chi connectivity index (χ1v) is 6.12. The van der Waals surface area contributed by atoms with Crippen LogP contribution in [0.4, 0.5) is 4.39 Å². The summed E-state index contributed by atoms with van der Waals surface area (Å²) in [6.07, 6.45) is 0.783. The zero-order valence-corrected chi connectivity index (χ0v) is 11.5. The van der Waals surface area contributed by atoms with E-state index in [-0.39, 0.29) is 21.3 Å². The first-order chi connectivity index (χ1) is 7.47. The van der Waals surface area contributed by atoms with Gasteiger partial charge in [0.15, 0.2) is 11.6 Å². The first-order valence-electron chi connectivity index (χ1n) is 4.91. The SMILES string of the molecule is CCC(C)Oc1ccc(C(N)=S)c(Br)c1F. The molecule has 1 atom stereocenters. The van der Waals surface area contributed by atoms with Crippen LogP contribution in [-0.4, -0.2) is 11.1 Å². The number of hydrogen-bond acceptors (Lipinski definition) is 2. The van der Waals surface area contributed by atoms with Crippen LogP contribution in [0.3, 0.4) is 0 Å². The Bertz CT molecular complexity index is 411. The Kier molecular flexibility index (Phi) is 4.68. The Morgan fingerprint density at radius 1 is 1.62 bits per heavy atom. The molecule has 0 saturated carbocycles. The minimum absolute atomic E-state index is 0.0305. The van der Waals surface area contributed by atoms with Crippen molar-refractivity contribution in [2.75, 3.05) is 0 Å². The van der Waals surface area contributed by atoms with E-state index in [4.69, 9.17) is 22.7 Å². The Balaban J connectivity index is 3.07. The predicted octanol–water partition coefficient (Wildman–Crippen LogP) is 3.40. The molecule has 0 fully saturated rings. The van der Waals surface area contributed by atoms with Gasteiger partial charge >= 0.3 is 0 Å². The van der Waals surface area contributed by atoms with Crippen molar-refractivity contribution in [3.63, 3.8) is 0 Å². The normalized spacial score (nSPS) is 12.2. The Morgan fingerprint density at radius 2 is 2.25 bits per heavy atom. The number of thiocarbonyl (C=S) groups is 1. The monoisotopic (exact) mass is 305 g/mol. The minimum atomic E-state index is -0.467. The minimum Gasteiger partial charge on any atom is -0.488 e. The van der Waals surface area contributed by atoms with Gasteiger partial charge in [-0.15, -0.1) is 0 Å². The van der Waals surface area contributed by atoms with Crippen molar-refractivity contribution in [1.29, 1.82) is 0 Å². The van der Waals surface area contributed by atoms with Crippen molar-refractivity contribution < 1.29 is 9.13 Å². The van der Waals surface area contributed by atoms with Crippen molar-refractivity contribution in [2.24, 2.45) is 5.73 Å². The number of ether oxygens (including phenoxy) is 1. The summed E-state index contributed by atoms with van der Waals surface area (Å²) in [4.78, 5) is 0.154. The molecule has 0 amide bonds. The van der Waals surface area contributed by atoms with Gasteiger partial charge in [-0.2, -0.15) is 0 Å². The highest BCUT2D eigenvalue weighted by atomic mass is 79.9. The van der Waals surface area contributed by atoms with E-state index in [0.717, 1.165) is 6.42 Å². The zero-order valence-electron chi connectivity index (χ0n) is 9.09. The lowest BCUT2D eigenvalue weighted by atomic mass is 10.2. The van der Waals surface area contributed by atoms with Crippen LogP contribution in [-0.2, 0) is 0 Å². The summed E-state index contributed by atoms with van der Waals surface area (Å²) in [5.41, 5.74) is 5.93. The maximum absolute atomic E-state index is 13.8. The summed E-state index contributed by atoms with van der Waals surface area (Å²) >= 11 is 7.92. The second-order valence-corrected chi connectivity index (χ2v) is 4.67. The van der Waals surface area contributed by atoms with E-state index in [1.807, 2.05) is 13.8 Å². The topological polar surface area (TPSA) is 35.2 Å². The van der Waals surface area contributed by atoms with Crippen molar-refractivity contribution in [1.82, 2.24) is 0 Å². The van der Waals surface area contributed by atoms with Gasteiger partial charge in [0.25, 0.3) is 0 Å². The average Bonchev–Trinajstić information content (AvgIpc) is 2.24. The molecule has 88 valence electrons. The number of nitrogens with two attached hydrogens (primary N) is 1. The third-order valence-electron chi connectivity index (χ3n) is 2.22. The van der Waals surface area contributed by atoms with Gasteiger partial charge < -0.3 is 10.5 Å². The lowest BCUT2D eigenvalue weighted by Crippen LogP contribution is -2.14. The van der Waals surface area contributed by atoms with Crippen molar-refractivity contribution in [3.05, 3.63) is 28.0 Å². The molecule has 0 saturated heterocycles. The third kappa shape index (κ3) is 2.92. The summed E-state index contributed by atoms with van der Waals surface area (Å²) < 4.78 is 19.5. The van der Waals surface area contributed by atoms with Gasteiger partial charge in [-0.05, 0) is 41.4 Å². The molecular formula is C11H13BrFNOS. The van der Waals surface area contributed by atoms with Crippen molar-refractivity contribution in [3.8, 4) is 5.75 Å². The van der Waals surface area contributed by atoms with Crippen LogP contribution in [0.25, 0.3) is 0 Å². The Hall–Kier alpha value is -0.680. The van der Waals surface area contributed by atoms with Gasteiger partial charge in [0.05, 0.1) is 10.6 Å². The van der Waals surface area contributed by atoms with E-state index in [1.54, 1.807) is 12.1 Å². The van der Waals surface area contributed by atoms with Crippen LogP contribution >= 0.6 is 28.1 Å². The smallest absolute Gasteiger partial charge is 0.179 e. The van der Waals surface area contributed by atoms with E-state index < -0.39 is 5.82 Å². The number of rotatable bonds is 4. The molecule has 0 aromatic heterocycles. The maximum atomic E-state index is 13.8. The van der Waals surface area contributed by atoms with Crippen LogP contribution in [0.2, 0.25) is 0 Å². The lowest BCUT2D eigenvalue weighted by molar-refractivity contribution is 0.207.